The van der Waals surface area contributed by atoms with Crippen molar-refractivity contribution in [3.05, 3.63) is 94.0 Å². The van der Waals surface area contributed by atoms with Crippen LogP contribution in [0.5, 0.6) is 11.5 Å². The maximum atomic E-state index is 12.7. The Balaban J connectivity index is 1.69. The van der Waals surface area contributed by atoms with Crippen LogP contribution in [-0.2, 0) is 9.59 Å². The molecule has 0 aromatic heterocycles. The molecule has 1 atom stereocenters. The zero-order chi connectivity index (χ0) is 26.6. The summed E-state index contributed by atoms with van der Waals surface area (Å²) >= 11 is 3.39. The van der Waals surface area contributed by atoms with Crippen molar-refractivity contribution in [3.8, 4) is 11.5 Å². The van der Waals surface area contributed by atoms with Gasteiger partial charge in [0, 0.05) is 5.56 Å². The number of halogens is 1. The highest BCUT2D eigenvalue weighted by molar-refractivity contribution is 9.10. The largest absolute Gasteiger partial charge is 0.490 e. The Morgan fingerprint density at radius 2 is 1.70 bits per heavy atom. The van der Waals surface area contributed by atoms with Crippen molar-refractivity contribution in [3.63, 3.8) is 0 Å². The average Bonchev–Trinajstić information content (AvgIpc) is 2.89. The predicted octanol–water partition coefficient (Wildman–Crippen LogP) is 3.72. The van der Waals surface area contributed by atoms with E-state index in [0.717, 1.165) is 5.56 Å². The minimum Gasteiger partial charge on any atom is -0.490 e. The molecule has 0 bridgehead atoms. The molecule has 3 aromatic carbocycles. The molecular weight excluding hydrogens is 540 g/mol. The van der Waals surface area contributed by atoms with Crippen molar-refractivity contribution in [1.82, 2.24) is 10.7 Å². The summed E-state index contributed by atoms with van der Waals surface area (Å²) in [5, 5.41) is 6.97. The number of primary amides is 1. The van der Waals surface area contributed by atoms with E-state index in [1.807, 2.05) is 43.3 Å². The fourth-order valence-electron chi connectivity index (χ4n) is 3.39. The zero-order valence-corrected chi connectivity index (χ0v) is 21.7. The first-order chi connectivity index (χ1) is 17.9. The molecule has 0 saturated heterocycles. The number of nitrogens with one attached hydrogen (secondary N) is 2. The fourth-order valence-corrected chi connectivity index (χ4v) is 3.96. The predicted molar refractivity (Wildman–Crippen MR) is 143 cm³/mol. The Bertz CT molecular complexity index is 1250. The molecule has 3 aromatic rings. The molecule has 0 heterocycles. The zero-order valence-electron chi connectivity index (χ0n) is 20.1. The molecule has 3 rings (SSSR count). The Labute approximate surface area is 223 Å². The van der Waals surface area contributed by atoms with Crippen LogP contribution < -0.4 is 25.9 Å². The maximum absolute atomic E-state index is 12.7. The van der Waals surface area contributed by atoms with E-state index in [1.54, 1.807) is 36.4 Å². The number of hydrogen-bond acceptors (Lipinski definition) is 6. The number of hydrogen-bond donors (Lipinski definition) is 3. The molecular formula is C27H27BrN4O5. The second kappa shape index (κ2) is 13.8. The fraction of sp³-hybridized carbons (Fsp3) is 0.185. The lowest BCUT2D eigenvalue weighted by molar-refractivity contribution is -0.121. The third kappa shape index (κ3) is 8.46. The quantitative estimate of drug-likeness (QED) is 0.227. The van der Waals surface area contributed by atoms with Crippen molar-refractivity contribution >= 4 is 39.9 Å². The number of nitrogens with zero attached hydrogens (tertiary/aromatic N) is 1. The third-order valence-corrected chi connectivity index (χ3v) is 5.62. The van der Waals surface area contributed by atoms with Gasteiger partial charge in [-0.2, -0.15) is 5.10 Å². The number of hydrazone groups is 1. The third-order valence-electron chi connectivity index (χ3n) is 5.03. The minimum absolute atomic E-state index is 0.0201. The Morgan fingerprint density at radius 1 is 1.03 bits per heavy atom. The van der Waals surface area contributed by atoms with Gasteiger partial charge in [-0.15, -0.1) is 0 Å². The summed E-state index contributed by atoms with van der Waals surface area (Å²) in [5.41, 5.74) is 9.57. The Hall–Kier alpha value is -4.18. The minimum atomic E-state index is -0.614. The molecule has 0 fully saturated rings. The van der Waals surface area contributed by atoms with E-state index in [9.17, 15) is 14.4 Å². The van der Waals surface area contributed by atoms with E-state index >= 15 is 0 Å². The van der Waals surface area contributed by atoms with Crippen LogP contribution in [0.2, 0.25) is 0 Å². The van der Waals surface area contributed by atoms with Crippen molar-refractivity contribution in [1.29, 1.82) is 0 Å². The highest BCUT2D eigenvalue weighted by Crippen LogP contribution is 2.36. The molecule has 4 N–H and O–H groups in total. The van der Waals surface area contributed by atoms with Crippen LogP contribution >= 0.6 is 15.9 Å². The lowest BCUT2D eigenvalue weighted by Crippen LogP contribution is -2.32. The summed E-state index contributed by atoms with van der Waals surface area (Å²) in [6.45, 7) is 1.88. The molecule has 0 saturated carbocycles. The van der Waals surface area contributed by atoms with Gasteiger partial charge < -0.3 is 20.5 Å². The Kier molecular flexibility index (Phi) is 10.2. The van der Waals surface area contributed by atoms with E-state index in [2.05, 4.69) is 31.8 Å². The summed E-state index contributed by atoms with van der Waals surface area (Å²) in [6.07, 6.45) is 1.43. The SMILES string of the molecule is CCOc1cc(/C=N\NC(=O)C[C@H](NC(=O)c2ccccc2)c2ccccc2)cc(Br)c1OCC(N)=O. The molecule has 0 radical (unpaired) electrons. The number of rotatable bonds is 12. The van der Waals surface area contributed by atoms with E-state index in [-0.39, 0.29) is 24.8 Å². The van der Waals surface area contributed by atoms with E-state index in [4.69, 9.17) is 15.2 Å². The monoisotopic (exact) mass is 566 g/mol. The van der Waals surface area contributed by atoms with Crippen LogP contribution in [0.4, 0.5) is 0 Å². The van der Waals surface area contributed by atoms with Crippen LogP contribution in [0.1, 0.15) is 40.9 Å². The number of benzene rings is 3. The first-order valence-corrected chi connectivity index (χ1v) is 12.3. The topological polar surface area (TPSA) is 132 Å². The second-order valence-corrected chi connectivity index (χ2v) is 8.67. The van der Waals surface area contributed by atoms with Crippen LogP contribution in [0.25, 0.3) is 0 Å². The molecule has 10 heteroatoms. The molecule has 3 amide bonds. The van der Waals surface area contributed by atoms with Crippen LogP contribution in [0.15, 0.2) is 82.4 Å². The van der Waals surface area contributed by atoms with Gasteiger partial charge in [-0.3, -0.25) is 14.4 Å². The highest BCUT2D eigenvalue weighted by Gasteiger charge is 2.19. The smallest absolute Gasteiger partial charge is 0.255 e. The average molecular weight is 567 g/mol. The van der Waals surface area contributed by atoms with E-state index in [1.165, 1.54) is 6.21 Å². The standard InChI is InChI=1S/C27H27BrN4O5/c1-2-36-23-14-18(13-21(28)26(23)37-17-24(29)33)16-30-32-25(34)15-22(19-9-5-3-6-10-19)31-27(35)20-11-7-4-8-12-20/h3-14,16,22H,2,15,17H2,1H3,(H2,29,33)(H,31,35)(H,32,34)/b30-16-/t22-/m0/s1. The van der Waals surface area contributed by atoms with Crippen molar-refractivity contribution in [2.24, 2.45) is 10.8 Å². The first-order valence-electron chi connectivity index (χ1n) is 11.5. The summed E-state index contributed by atoms with van der Waals surface area (Å²) in [5.74, 6) is -0.557. The van der Waals surface area contributed by atoms with Crippen molar-refractivity contribution in [2.45, 2.75) is 19.4 Å². The summed E-state index contributed by atoms with van der Waals surface area (Å²) in [6, 6.07) is 20.9. The summed E-state index contributed by atoms with van der Waals surface area (Å²) in [4.78, 5) is 36.5. The maximum Gasteiger partial charge on any atom is 0.255 e. The molecule has 0 unspecified atom stereocenters. The van der Waals surface area contributed by atoms with Gasteiger partial charge in [0.25, 0.3) is 11.8 Å². The van der Waals surface area contributed by atoms with Gasteiger partial charge in [0.2, 0.25) is 5.91 Å². The number of nitrogens with two attached hydrogens (primary N) is 1. The molecule has 0 aliphatic carbocycles. The summed E-state index contributed by atoms with van der Waals surface area (Å²) < 4.78 is 11.6. The molecule has 0 spiro atoms. The normalized spacial score (nSPS) is 11.5. The van der Waals surface area contributed by atoms with Gasteiger partial charge >= 0.3 is 0 Å². The Morgan fingerprint density at radius 3 is 2.35 bits per heavy atom. The second-order valence-electron chi connectivity index (χ2n) is 7.82. The van der Waals surface area contributed by atoms with Crippen LogP contribution in [0, 0.1) is 0 Å². The molecule has 192 valence electrons. The van der Waals surface area contributed by atoms with Gasteiger partial charge in [0.15, 0.2) is 18.1 Å². The van der Waals surface area contributed by atoms with Gasteiger partial charge in [0.05, 0.1) is 29.8 Å². The first kappa shape index (κ1) is 27.4. The summed E-state index contributed by atoms with van der Waals surface area (Å²) in [7, 11) is 0. The van der Waals surface area contributed by atoms with E-state index < -0.39 is 11.9 Å². The molecule has 0 aliphatic rings. The van der Waals surface area contributed by atoms with Crippen LogP contribution in [0.3, 0.4) is 0 Å². The number of carbonyl (C=O) groups is 3. The van der Waals surface area contributed by atoms with Gasteiger partial charge in [-0.25, -0.2) is 5.43 Å². The van der Waals surface area contributed by atoms with Gasteiger partial charge in [-0.1, -0.05) is 48.5 Å². The lowest BCUT2D eigenvalue weighted by atomic mass is 10.0. The van der Waals surface area contributed by atoms with Gasteiger partial charge in [-0.05, 0) is 58.2 Å². The number of amides is 3. The molecule has 0 aliphatic heterocycles. The molecule has 9 nitrogen and oxygen atoms in total. The van der Waals surface area contributed by atoms with E-state index in [0.29, 0.717) is 33.7 Å². The van der Waals surface area contributed by atoms with Crippen molar-refractivity contribution < 1.29 is 23.9 Å². The lowest BCUT2D eigenvalue weighted by Gasteiger charge is -2.18. The van der Waals surface area contributed by atoms with Crippen LogP contribution in [-0.4, -0.2) is 37.1 Å². The number of carbonyl (C=O) groups excluding carboxylic acids is 3. The highest BCUT2D eigenvalue weighted by atomic mass is 79.9. The van der Waals surface area contributed by atoms with Crippen molar-refractivity contribution in [2.75, 3.05) is 13.2 Å². The molecule has 37 heavy (non-hydrogen) atoms. The van der Waals surface area contributed by atoms with Gasteiger partial charge in [0.1, 0.15) is 0 Å². The number of ether oxygens (including phenoxy) is 2.